The third-order valence-corrected chi connectivity index (χ3v) is 0.951. The Bertz CT molecular complexity index is 221. The van der Waals surface area contributed by atoms with Gasteiger partial charge in [-0.05, 0) is 6.92 Å². The van der Waals surface area contributed by atoms with Crippen molar-refractivity contribution in [2.24, 2.45) is 0 Å². The number of hydrogen-bond acceptors (Lipinski definition) is 3. The van der Waals surface area contributed by atoms with Crippen LogP contribution in [0.3, 0.4) is 0 Å². The van der Waals surface area contributed by atoms with Gasteiger partial charge in [0, 0.05) is 12.2 Å². The van der Waals surface area contributed by atoms with Crippen LogP contribution in [0.5, 0.6) is 0 Å². The smallest absolute Gasteiger partial charge is 0.328 e. The topological polar surface area (TPSA) is 83.5 Å². The quantitative estimate of drug-likeness (QED) is 0.434. The molecule has 0 rings (SSSR count). The normalized spacial score (nSPS) is 12.4. The summed E-state index contributed by atoms with van der Waals surface area (Å²) in [5.41, 5.74) is 0. The maximum absolute atomic E-state index is 10.7. The highest BCUT2D eigenvalue weighted by Crippen LogP contribution is 1.78. The van der Waals surface area contributed by atoms with E-state index in [0.29, 0.717) is 12.4 Å². The van der Waals surface area contributed by atoms with Gasteiger partial charge in [-0.3, -0.25) is 4.79 Å². The summed E-state index contributed by atoms with van der Waals surface area (Å²) in [5.74, 6) is -1.80. The molecule has 0 heterocycles. The minimum atomic E-state index is -1.20. The third-order valence-electron chi connectivity index (χ3n) is 0.951. The van der Waals surface area contributed by atoms with E-state index in [4.69, 9.17) is 5.11 Å². The van der Waals surface area contributed by atoms with Gasteiger partial charge in [0.15, 0.2) is 0 Å². The zero-order valence-electron chi connectivity index (χ0n) is 6.48. The Hall–Kier alpha value is -1.65. The second-order valence-corrected chi connectivity index (χ2v) is 2.10. The molecule has 1 unspecified atom stereocenters. The van der Waals surface area contributed by atoms with Crippen LogP contribution in [-0.4, -0.2) is 29.3 Å². The summed E-state index contributed by atoms with van der Waals surface area (Å²) < 4.78 is 0. The van der Waals surface area contributed by atoms with E-state index in [-0.39, 0.29) is 0 Å². The molecule has 1 atom stereocenters. The van der Waals surface area contributed by atoms with Gasteiger partial charge < -0.3 is 15.2 Å². The average molecular weight is 171 g/mol. The Morgan fingerprint density at radius 3 is 2.42 bits per heavy atom. The van der Waals surface area contributed by atoms with Crippen LogP contribution >= 0.6 is 0 Å². The number of carboxylic acid groups (broad SMARTS) is 1. The number of rotatable bonds is 4. The Morgan fingerprint density at radius 2 is 2.00 bits per heavy atom. The number of hydrogen-bond donors (Lipinski definition) is 2. The van der Waals surface area contributed by atoms with Crippen molar-refractivity contribution in [3.8, 4) is 0 Å². The lowest BCUT2D eigenvalue weighted by molar-refractivity contribution is -0.131. The molecule has 0 spiro atoms. The number of carboxylic acids is 1. The molecular formula is C7H9NO4. The van der Waals surface area contributed by atoms with E-state index in [9.17, 15) is 14.4 Å². The molecule has 0 aromatic carbocycles. The van der Waals surface area contributed by atoms with Gasteiger partial charge in [0.25, 0.3) is 0 Å². The van der Waals surface area contributed by atoms with Gasteiger partial charge in [-0.2, -0.15) is 0 Å². The first-order valence-electron chi connectivity index (χ1n) is 3.23. The van der Waals surface area contributed by atoms with Gasteiger partial charge in [-0.1, -0.05) is 0 Å². The molecule has 12 heavy (non-hydrogen) atoms. The molecule has 0 radical (unpaired) electrons. The first kappa shape index (κ1) is 10.3. The Kier molecular flexibility index (Phi) is 4.36. The standard InChI is InChI=1S/C7H9NO4/c1-5(4-9)8-6(10)2-3-7(11)12/h2-5H,1H3,(H,8,10)(H,11,12)/b3-2-. The number of carbonyl (C=O) groups excluding carboxylic acids is 2. The highest BCUT2D eigenvalue weighted by atomic mass is 16.4. The van der Waals surface area contributed by atoms with Crippen molar-refractivity contribution in [3.63, 3.8) is 0 Å². The van der Waals surface area contributed by atoms with Gasteiger partial charge in [0.2, 0.25) is 5.91 Å². The summed E-state index contributed by atoms with van der Waals surface area (Å²) in [5, 5.41) is 10.3. The van der Waals surface area contributed by atoms with Crippen LogP contribution < -0.4 is 5.32 Å². The highest BCUT2D eigenvalue weighted by molar-refractivity contribution is 5.94. The molecule has 0 aliphatic carbocycles. The second kappa shape index (κ2) is 5.06. The molecule has 0 aromatic heterocycles. The monoisotopic (exact) mass is 171 g/mol. The lowest BCUT2D eigenvalue weighted by Gasteiger charge is -2.02. The first-order chi connectivity index (χ1) is 5.56. The van der Waals surface area contributed by atoms with Gasteiger partial charge in [-0.25, -0.2) is 4.79 Å². The summed E-state index contributed by atoms with van der Waals surface area (Å²) in [6.07, 6.45) is 2.10. The van der Waals surface area contributed by atoms with E-state index in [0.717, 1.165) is 6.08 Å². The minimum Gasteiger partial charge on any atom is -0.478 e. The molecular weight excluding hydrogens is 162 g/mol. The van der Waals surface area contributed by atoms with Crippen molar-refractivity contribution in [2.75, 3.05) is 0 Å². The van der Waals surface area contributed by atoms with E-state index in [1.165, 1.54) is 6.92 Å². The Labute approximate surface area is 69.1 Å². The number of aldehydes is 1. The molecule has 1 amide bonds. The molecule has 0 aromatic rings. The molecule has 5 nitrogen and oxygen atoms in total. The molecule has 0 bridgehead atoms. The minimum absolute atomic E-state index is 0.548. The number of aliphatic carboxylic acids is 1. The largest absolute Gasteiger partial charge is 0.478 e. The van der Waals surface area contributed by atoms with E-state index < -0.39 is 17.9 Å². The van der Waals surface area contributed by atoms with Gasteiger partial charge in [0.1, 0.15) is 6.29 Å². The van der Waals surface area contributed by atoms with Crippen molar-refractivity contribution < 1.29 is 19.5 Å². The summed E-state index contributed by atoms with van der Waals surface area (Å²) in [7, 11) is 0. The number of amides is 1. The van der Waals surface area contributed by atoms with Crippen LogP contribution in [0.2, 0.25) is 0 Å². The zero-order valence-corrected chi connectivity index (χ0v) is 6.48. The predicted octanol–water partition coefficient (Wildman–Crippen LogP) is -0.669. The summed E-state index contributed by atoms with van der Waals surface area (Å²) in [4.78, 5) is 30.6. The zero-order chi connectivity index (χ0) is 9.56. The van der Waals surface area contributed by atoms with Gasteiger partial charge >= 0.3 is 5.97 Å². The van der Waals surface area contributed by atoms with Crippen LogP contribution in [0, 0.1) is 0 Å². The Morgan fingerprint density at radius 1 is 1.42 bits per heavy atom. The summed E-state index contributed by atoms with van der Waals surface area (Å²) in [6.45, 7) is 1.49. The molecule has 0 aliphatic rings. The molecule has 0 fully saturated rings. The van der Waals surface area contributed by atoms with Crippen molar-refractivity contribution >= 4 is 18.2 Å². The Balaban J connectivity index is 3.89. The third kappa shape index (κ3) is 5.16. The van der Waals surface area contributed by atoms with Gasteiger partial charge in [0.05, 0.1) is 6.04 Å². The van der Waals surface area contributed by atoms with Crippen molar-refractivity contribution in [1.82, 2.24) is 5.32 Å². The van der Waals surface area contributed by atoms with Crippen LogP contribution in [0.15, 0.2) is 12.2 Å². The summed E-state index contributed by atoms with van der Waals surface area (Å²) >= 11 is 0. The van der Waals surface area contributed by atoms with E-state index >= 15 is 0 Å². The molecule has 5 heteroatoms. The molecule has 2 N–H and O–H groups in total. The van der Waals surface area contributed by atoms with Crippen LogP contribution in [-0.2, 0) is 14.4 Å². The van der Waals surface area contributed by atoms with Crippen molar-refractivity contribution in [3.05, 3.63) is 12.2 Å². The number of carbonyl (C=O) groups is 3. The van der Waals surface area contributed by atoms with Crippen LogP contribution in [0.4, 0.5) is 0 Å². The predicted molar refractivity (Wildman–Crippen MR) is 40.4 cm³/mol. The molecule has 66 valence electrons. The molecule has 0 saturated carbocycles. The van der Waals surface area contributed by atoms with Crippen LogP contribution in [0.25, 0.3) is 0 Å². The first-order valence-corrected chi connectivity index (χ1v) is 3.23. The van der Waals surface area contributed by atoms with E-state index in [1.807, 2.05) is 0 Å². The number of nitrogens with one attached hydrogen (secondary N) is 1. The van der Waals surface area contributed by atoms with Crippen molar-refractivity contribution in [1.29, 1.82) is 0 Å². The lowest BCUT2D eigenvalue weighted by atomic mass is 10.3. The maximum atomic E-state index is 10.7. The maximum Gasteiger partial charge on any atom is 0.328 e. The van der Waals surface area contributed by atoms with Crippen molar-refractivity contribution in [2.45, 2.75) is 13.0 Å². The van der Waals surface area contributed by atoms with Crippen LogP contribution in [0.1, 0.15) is 6.92 Å². The average Bonchev–Trinajstić information content (AvgIpc) is 2.00. The molecule has 0 aliphatic heterocycles. The van der Waals surface area contributed by atoms with E-state index in [1.54, 1.807) is 0 Å². The fourth-order valence-corrected chi connectivity index (χ4v) is 0.454. The SMILES string of the molecule is CC(C=O)NC(=O)/C=C\C(=O)O. The fourth-order valence-electron chi connectivity index (χ4n) is 0.454. The fraction of sp³-hybridized carbons (Fsp3) is 0.286. The summed E-state index contributed by atoms with van der Waals surface area (Å²) in [6, 6.07) is -0.601. The lowest BCUT2D eigenvalue weighted by Crippen LogP contribution is -2.32. The van der Waals surface area contributed by atoms with Gasteiger partial charge in [-0.15, -0.1) is 0 Å². The second-order valence-electron chi connectivity index (χ2n) is 2.10. The van der Waals surface area contributed by atoms with E-state index in [2.05, 4.69) is 5.32 Å². The molecule has 0 saturated heterocycles. The highest BCUT2D eigenvalue weighted by Gasteiger charge is 2.01.